The van der Waals surface area contributed by atoms with Crippen LogP contribution in [0.1, 0.15) is 69.6 Å². The van der Waals surface area contributed by atoms with Crippen molar-refractivity contribution in [3.8, 4) is 11.5 Å². The predicted molar refractivity (Wildman–Crippen MR) is 186 cm³/mol. The van der Waals surface area contributed by atoms with Crippen LogP contribution >= 0.6 is 0 Å². The fraction of sp³-hybridized carbons (Fsp3) is 0.487. The lowest BCUT2D eigenvalue weighted by atomic mass is 9.98. The highest BCUT2D eigenvalue weighted by atomic mass is 16.6. The van der Waals surface area contributed by atoms with Gasteiger partial charge in [0.1, 0.15) is 30.3 Å². The van der Waals surface area contributed by atoms with E-state index in [0.717, 1.165) is 49.2 Å². The first-order valence-corrected chi connectivity index (χ1v) is 17.1. The van der Waals surface area contributed by atoms with Gasteiger partial charge in [-0.2, -0.15) is 0 Å². The number of carbonyl (C=O) groups is 2. The lowest BCUT2D eigenvalue weighted by molar-refractivity contribution is -0.133. The highest BCUT2D eigenvalue weighted by Crippen LogP contribution is 2.30. The van der Waals surface area contributed by atoms with Crippen molar-refractivity contribution in [3.05, 3.63) is 95.6 Å². The Kier molecular flexibility index (Phi) is 14.1. The molecule has 0 saturated carbocycles. The number of unbranched alkanes of at least 4 members (excludes halogenated alkanes) is 1. The summed E-state index contributed by atoms with van der Waals surface area (Å²) in [6, 6.07) is 26.1. The van der Waals surface area contributed by atoms with Crippen molar-refractivity contribution in [2.24, 2.45) is 5.92 Å². The molecular formula is C39H52N2O7. The molecule has 3 aromatic rings. The average Bonchev–Trinajstić information content (AvgIpc) is 3.36. The minimum atomic E-state index is -0.913. The van der Waals surface area contributed by atoms with Gasteiger partial charge in [-0.05, 0) is 107 Å². The number of aliphatic hydroxyl groups is 2. The van der Waals surface area contributed by atoms with Crippen molar-refractivity contribution in [1.29, 1.82) is 0 Å². The fourth-order valence-electron chi connectivity index (χ4n) is 5.87. The summed E-state index contributed by atoms with van der Waals surface area (Å²) < 4.78 is 17.3. The lowest BCUT2D eigenvalue weighted by Gasteiger charge is -2.25. The molecule has 3 atom stereocenters. The number of alkyl carbamates (subject to hydrolysis) is 1. The van der Waals surface area contributed by atoms with Gasteiger partial charge in [0.25, 0.3) is 0 Å². The van der Waals surface area contributed by atoms with Crippen LogP contribution in [0.25, 0.3) is 0 Å². The van der Waals surface area contributed by atoms with Crippen LogP contribution in [-0.4, -0.2) is 71.2 Å². The van der Waals surface area contributed by atoms with Gasteiger partial charge in [0.15, 0.2) is 0 Å². The number of rotatable bonds is 18. The molecule has 0 aliphatic carbocycles. The van der Waals surface area contributed by atoms with E-state index in [1.165, 1.54) is 11.1 Å². The number of aryl methyl sites for hydroxylation is 2. The van der Waals surface area contributed by atoms with Crippen molar-refractivity contribution in [1.82, 2.24) is 10.2 Å². The smallest absolute Gasteiger partial charge is 0.407 e. The summed E-state index contributed by atoms with van der Waals surface area (Å²) in [5.74, 6) is 1.23. The van der Waals surface area contributed by atoms with E-state index in [1.807, 2.05) is 92.4 Å². The Morgan fingerprint density at radius 2 is 1.50 bits per heavy atom. The first-order valence-electron chi connectivity index (χ1n) is 17.1. The van der Waals surface area contributed by atoms with Crippen LogP contribution in [-0.2, 0) is 29.0 Å². The van der Waals surface area contributed by atoms with Gasteiger partial charge in [0.2, 0.25) is 5.91 Å². The summed E-state index contributed by atoms with van der Waals surface area (Å²) >= 11 is 0. The molecule has 1 saturated heterocycles. The molecule has 260 valence electrons. The number of aliphatic hydroxyl groups excluding tert-OH is 2. The maximum Gasteiger partial charge on any atom is 0.407 e. The van der Waals surface area contributed by atoms with Crippen molar-refractivity contribution in [3.63, 3.8) is 0 Å². The minimum absolute atomic E-state index is 0.0114. The Labute approximate surface area is 285 Å². The predicted octanol–water partition coefficient (Wildman–Crippen LogP) is 6.09. The van der Waals surface area contributed by atoms with E-state index in [1.54, 1.807) is 0 Å². The maximum atomic E-state index is 13.4. The zero-order valence-corrected chi connectivity index (χ0v) is 28.6. The molecule has 1 aliphatic heterocycles. The van der Waals surface area contributed by atoms with E-state index in [0.29, 0.717) is 32.7 Å². The lowest BCUT2D eigenvalue weighted by Crippen LogP contribution is -2.38. The van der Waals surface area contributed by atoms with Crippen LogP contribution in [0.15, 0.2) is 78.9 Å². The molecule has 2 amide bonds. The molecule has 1 aliphatic rings. The van der Waals surface area contributed by atoms with Crippen LogP contribution in [0, 0.1) is 5.92 Å². The standard InChI is InChI=1S/C39H52N2O7/c1-39(2,3)48-38(45)40-22-8-7-10-29-14-20-36(21-15-29)47-28-33-24-32(25-34(43)26-42)37(44)41(33)23-9-13-30-16-18-35(19-17-30)46-27-31-11-5-4-6-12-31/h4-6,11-12,14-21,32-34,42-43H,7-10,13,22-28H2,1-3H3,(H,40,45)/t32-,33-,34?/m0/s1. The Hall–Kier alpha value is -4.08. The van der Waals surface area contributed by atoms with Gasteiger partial charge < -0.3 is 34.6 Å². The largest absolute Gasteiger partial charge is 0.491 e. The first-order chi connectivity index (χ1) is 23.1. The summed E-state index contributed by atoms with van der Waals surface area (Å²) in [6.07, 6.45) is 3.81. The summed E-state index contributed by atoms with van der Waals surface area (Å²) in [7, 11) is 0. The molecule has 3 N–H and O–H groups in total. The van der Waals surface area contributed by atoms with E-state index in [2.05, 4.69) is 17.4 Å². The van der Waals surface area contributed by atoms with Crippen LogP contribution in [0.5, 0.6) is 11.5 Å². The van der Waals surface area contributed by atoms with Gasteiger partial charge in [-0.1, -0.05) is 54.6 Å². The second-order valence-corrected chi connectivity index (χ2v) is 13.6. The summed E-state index contributed by atoms with van der Waals surface area (Å²) in [5, 5.41) is 22.2. The normalized spacial score (nSPS) is 16.9. The summed E-state index contributed by atoms with van der Waals surface area (Å²) in [6.45, 7) is 7.22. The third-order valence-corrected chi connectivity index (χ3v) is 8.36. The molecule has 0 spiro atoms. The maximum absolute atomic E-state index is 13.4. The molecule has 0 aromatic heterocycles. The minimum Gasteiger partial charge on any atom is -0.491 e. The molecule has 48 heavy (non-hydrogen) atoms. The van der Waals surface area contributed by atoms with Crippen molar-refractivity contribution >= 4 is 12.0 Å². The topological polar surface area (TPSA) is 118 Å². The van der Waals surface area contributed by atoms with Gasteiger partial charge in [0.05, 0.1) is 18.8 Å². The third kappa shape index (κ3) is 12.5. The van der Waals surface area contributed by atoms with Crippen molar-refractivity contribution < 1.29 is 34.0 Å². The number of carbonyl (C=O) groups excluding carboxylic acids is 2. The van der Waals surface area contributed by atoms with E-state index in [-0.39, 0.29) is 30.9 Å². The fourth-order valence-corrected chi connectivity index (χ4v) is 5.87. The number of likely N-dealkylation sites (tertiary alicyclic amines) is 1. The second kappa shape index (κ2) is 18.5. The number of nitrogens with one attached hydrogen (secondary N) is 1. The van der Waals surface area contributed by atoms with Gasteiger partial charge >= 0.3 is 6.09 Å². The summed E-state index contributed by atoms with van der Waals surface area (Å²) in [4.78, 5) is 27.1. The molecule has 0 bridgehead atoms. The van der Waals surface area contributed by atoms with Gasteiger partial charge in [-0.3, -0.25) is 4.79 Å². The zero-order chi connectivity index (χ0) is 34.4. The van der Waals surface area contributed by atoms with E-state index >= 15 is 0 Å². The molecule has 9 heteroatoms. The molecule has 1 heterocycles. The number of nitrogens with zero attached hydrogens (tertiary/aromatic N) is 1. The highest BCUT2D eigenvalue weighted by molar-refractivity contribution is 5.81. The Morgan fingerprint density at radius 3 is 2.12 bits per heavy atom. The van der Waals surface area contributed by atoms with Crippen LogP contribution in [0.3, 0.4) is 0 Å². The van der Waals surface area contributed by atoms with Crippen LogP contribution < -0.4 is 14.8 Å². The summed E-state index contributed by atoms with van der Waals surface area (Å²) in [5.41, 5.74) is 2.98. The zero-order valence-electron chi connectivity index (χ0n) is 28.6. The third-order valence-electron chi connectivity index (χ3n) is 8.36. The number of amides is 2. The van der Waals surface area contributed by atoms with E-state index < -0.39 is 17.8 Å². The number of hydrogen-bond acceptors (Lipinski definition) is 7. The Bertz CT molecular complexity index is 1390. The Morgan fingerprint density at radius 1 is 0.875 bits per heavy atom. The molecular weight excluding hydrogens is 608 g/mol. The van der Waals surface area contributed by atoms with Gasteiger partial charge in [-0.15, -0.1) is 0 Å². The van der Waals surface area contributed by atoms with E-state index in [4.69, 9.17) is 14.2 Å². The van der Waals surface area contributed by atoms with Gasteiger partial charge in [-0.25, -0.2) is 4.79 Å². The van der Waals surface area contributed by atoms with Crippen molar-refractivity contribution in [2.75, 3.05) is 26.3 Å². The quantitative estimate of drug-likeness (QED) is 0.142. The van der Waals surface area contributed by atoms with Crippen LogP contribution in [0.2, 0.25) is 0 Å². The SMILES string of the molecule is CC(C)(C)OC(=O)NCCCCc1ccc(OC[C@@H]2C[C@@H](CC(O)CO)C(=O)N2CCCc2ccc(OCc3ccccc3)cc2)cc1. The molecule has 0 radical (unpaired) electrons. The van der Waals surface area contributed by atoms with Crippen molar-refractivity contribution in [2.45, 2.75) is 90.1 Å². The van der Waals surface area contributed by atoms with E-state index in [9.17, 15) is 19.8 Å². The molecule has 3 aromatic carbocycles. The van der Waals surface area contributed by atoms with Gasteiger partial charge in [0, 0.05) is 19.0 Å². The van der Waals surface area contributed by atoms with Crippen LogP contribution in [0.4, 0.5) is 4.79 Å². The average molecular weight is 661 g/mol. The molecule has 4 rings (SSSR count). The number of ether oxygens (including phenoxy) is 3. The molecule has 1 fully saturated rings. The molecule has 9 nitrogen and oxygen atoms in total. The highest BCUT2D eigenvalue weighted by Gasteiger charge is 2.40. The monoisotopic (exact) mass is 660 g/mol. The number of hydrogen-bond donors (Lipinski definition) is 3. The second-order valence-electron chi connectivity index (χ2n) is 13.6. The number of benzene rings is 3. The Balaban J connectivity index is 1.22. The molecule has 1 unspecified atom stereocenters. The first kappa shape index (κ1) is 36.8.